The minimum atomic E-state index is -0.178. The molecule has 0 fully saturated rings. The summed E-state index contributed by atoms with van der Waals surface area (Å²) >= 11 is 1.49. The number of urea groups is 1. The highest BCUT2D eigenvalue weighted by molar-refractivity contribution is 7.97. The van der Waals surface area contributed by atoms with Crippen LogP contribution in [0.5, 0.6) is 0 Å². The first kappa shape index (κ1) is 10.4. The van der Waals surface area contributed by atoms with Crippen molar-refractivity contribution in [3.63, 3.8) is 0 Å². The molecule has 0 radical (unpaired) electrons. The average Bonchev–Trinajstić information content (AvgIpc) is 2.15. The number of nitrogens with zero attached hydrogens (tertiary/aromatic N) is 1. The zero-order valence-electron chi connectivity index (χ0n) is 9.07. The third-order valence-electron chi connectivity index (χ3n) is 2.11. The molecule has 0 saturated carbocycles. The van der Waals surface area contributed by atoms with E-state index in [0.717, 1.165) is 10.6 Å². The lowest BCUT2D eigenvalue weighted by atomic mass is 10.1. The molecule has 1 aromatic carbocycles. The summed E-state index contributed by atoms with van der Waals surface area (Å²) in [6.45, 7) is 6.06. The van der Waals surface area contributed by atoms with Crippen molar-refractivity contribution in [2.75, 3.05) is 5.32 Å². The summed E-state index contributed by atoms with van der Waals surface area (Å²) < 4.78 is 1.76. The maximum atomic E-state index is 11.8. The van der Waals surface area contributed by atoms with Crippen LogP contribution in [0.1, 0.15) is 20.8 Å². The van der Waals surface area contributed by atoms with Crippen LogP contribution in [0, 0.1) is 0 Å². The van der Waals surface area contributed by atoms with Crippen LogP contribution in [-0.4, -0.2) is 15.9 Å². The fraction of sp³-hybridized carbons (Fsp3) is 0.364. The molecule has 0 aromatic heterocycles. The summed E-state index contributed by atoms with van der Waals surface area (Å²) in [4.78, 5) is 12.9. The largest absolute Gasteiger partial charge is 0.332 e. The maximum Gasteiger partial charge on any atom is 0.332 e. The molecule has 1 aliphatic rings. The molecule has 2 rings (SSSR count). The Morgan fingerprint density at radius 3 is 2.60 bits per heavy atom. The van der Waals surface area contributed by atoms with E-state index < -0.39 is 0 Å². The summed E-state index contributed by atoms with van der Waals surface area (Å²) in [7, 11) is 0. The van der Waals surface area contributed by atoms with Crippen LogP contribution in [-0.2, 0) is 0 Å². The van der Waals surface area contributed by atoms with Crippen LogP contribution < -0.4 is 5.32 Å². The quantitative estimate of drug-likeness (QED) is 0.683. The molecule has 1 heterocycles. The Bertz CT molecular complexity index is 398. The van der Waals surface area contributed by atoms with Crippen molar-refractivity contribution >= 4 is 23.7 Å². The Morgan fingerprint density at radius 2 is 1.93 bits per heavy atom. The van der Waals surface area contributed by atoms with Crippen molar-refractivity contribution in [3.05, 3.63) is 24.3 Å². The molecule has 0 saturated heterocycles. The van der Waals surface area contributed by atoms with Gasteiger partial charge in [0.2, 0.25) is 0 Å². The molecule has 4 heteroatoms. The lowest BCUT2D eigenvalue weighted by Gasteiger charge is -2.37. The molecule has 0 bridgehead atoms. The maximum absolute atomic E-state index is 11.8. The highest BCUT2D eigenvalue weighted by Crippen LogP contribution is 2.38. The zero-order valence-corrected chi connectivity index (χ0v) is 9.89. The molecule has 0 unspecified atom stereocenters. The Hall–Kier alpha value is -1.16. The number of carbonyl (C=O) groups is 1. The summed E-state index contributed by atoms with van der Waals surface area (Å²) in [5.41, 5.74) is 0.718. The lowest BCUT2D eigenvalue weighted by molar-refractivity contribution is 0.214. The van der Waals surface area contributed by atoms with Crippen LogP contribution in [0.25, 0.3) is 0 Å². The Kier molecular flexibility index (Phi) is 2.38. The van der Waals surface area contributed by atoms with Crippen LogP contribution in [0.2, 0.25) is 0 Å². The predicted molar refractivity (Wildman–Crippen MR) is 62.9 cm³/mol. The second-order valence-electron chi connectivity index (χ2n) is 4.48. The van der Waals surface area contributed by atoms with E-state index in [1.54, 1.807) is 4.31 Å². The number of para-hydroxylation sites is 1. The minimum absolute atomic E-state index is 0.0498. The van der Waals surface area contributed by atoms with Crippen LogP contribution in [0.3, 0.4) is 0 Å². The molecule has 15 heavy (non-hydrogen) atoms. The average molecular weight is 222 g/mol. The van der Waals surface area contributed by atoms with Gasteiger partial charge in [0.25, 0.3) is 0 Å². The van der Waals surface area contributed by atoms with Gasteiger partial charge in [0.15, 0.2) is 0 Å². The van der Waals surface area contributed by atoms with Gasteiger partial charge in [-0.1, -0.05) is 12.1 Å². The van der Waals surface area contributed by atoms with Gasteiger partial charge in [-0.15, -0.1) is 0 Å². The first-order valence-corrected chi connectivity index (χ1v) is 5.64. The van der Waals surface area contributed by atoms with Crippen molar-refractivity contribution < 1.29 is 4.79 Å². The van der Waals surface area contributed by atoms with Gasteiger partial charge in [0.1, 0.15) is 0 Å². The van der Waals surface area contributed by atoms with Gasteiger partial charge in [0, 0.05) is 5.54 Å². The Morgan fingerprint density at radius 1 is 1.27 bits per heavy atom. The third-order valence-corrected chi connectivity index (χ3v) is 3.56. The first-order valence-electron chi connectivity index (χ1n) is 4.87. The molecular formula is C11H14N2OS. The number of fused-ring (bicyclic) bond motifs is 1. The van der Waals surface area contributed by atoms with Gasteiger partial charge in [-0.3, -0.25) is 4.31 Å². The fourth-order valence-electron chi connectivity index (χ4n) is 1.40. The van der Waals surface area contributed by atoms with E-state index in [1.807, 2.05) is 45.0 Å². The molecule has 2 amide bonds. The third kappa shape index (κ3) is 1.95. The summed E-state index contributed by atoms with van der Waals surface area (Å²) in [5.74, 6) is 0. The first-order chi connectivity index (χ1) is 6.98. The number of rotatable bonds is 0. The van der Waals surface area contributed by atoms with Gasteiger partial charge in [-0.05, 0) is 44.9 Å². The standard InChI is InChI=1S/C11H14N2OS/c1-11(2,3)13-10(14)12-8-6-4-5-7-9(8)15-13/h4-7H,1-3H3,(H,12,14). The Balaban J connectivity index is 2.34. The van der Waals surface area contributed by atoms with E-state index in [4.69, 9.17) is 0 Å². The van der Waals surface area contributed by atoms with Crippen LogP contribution in [0.4, 0.5) is 10.5 Å². The highest BCUT2D eigenvalue weighted by Gasteiger charge is 2.32. The van der Waals surface area contributed by atoms with E-state index in [1.165, 1.54) is 11.9 Å². The molecule has 1 aliphatic heterocycles. The van der Waals surface area contributed by atoms with Gasteiger partial charge >= 0.3 is 6.03 Å². The number of hydrogen-bond acceptors (Lipinski definition) is 2. The van der Waals surface area contributed by atoms with Crippen LogP contribution in [0.15, 0.2) is 29.2 Å². The van der Waals surface area contributed by atoms with E-state index in [0.29, 0.717) is 0 Å². The van der Waals surface area contributed by atoms with Gasteiger partial charge < -0.3 is 5.32 Å². The van der Waals surface area contributed by atoms with Crippen molar-refractivity contribution in [3.8, 4) is 0 Å². The molecule has 0 aliphatic carbocycles. The van der Waals surface area contributed by atoms with Gasteiger partial charge in [-0.25, -0.2) is 4.79 Å². The number of hydrogen-bond donors (Lipinski definition) is 1. The van der Waals surface area contributed by atoms with E-state index in [2.05, 4.69) is 5.32 Å². The predicted octanol–water partition coefficient (Wildman–Crippen LogP) is 3.34. The molecule has 1 aromatic rings. The van der Waals surface area contributed by atoms with Gasteiger partial charge in [-0.2, -0.15) is 0 Å². The molecule has 1 N–H and O–H groups in total. The number of carbonyl (C=O) groups excluding carboxylic acids is 1. The second-order valence-corrected chi connectivity index (χ2v) is 5.47. The summed E-state index contributed by atoms with van der Waals surface area (Å²) in [6.07, 6.45) is 0. The normalized spacial score (nSPS) is 15.9. The molecule has 0 atom stereocenters. The minimum Gasteiger partial charge on any atom is -0.306 e. The summed E-state index contributed by atoms with van der Waals surface area (Å²) in [6, 6.07) is 7.78. The molecule has 3 nitrogen and oxygen atoms in total. The second kappa shape index (κ2) is 3.45. The topological polar surface area (TPSA) is 32.3 Å². The highest BCUT2D eigenvalue weighted by atomic mass is 32.2. The smallest absolute Gasteiger partial charge is 0.306 e. The number of amides is 2. The van der Waals surface area contributed by atoms with Crippen molar-refractivity contribution in [1.82, 2.24) is 4.31 Å². The zero-order chi connectivity index (χ0) is 11.1. The number of nitrogens with one attached hydrogen (secondary N) is 1. The number of benzene rings is 1. The fourth-order valence-corrected chi connectivity index (χ4v) is 2.35. The van der Waals surface area contributed by atoms with E-state index >= 15 is 0 Å². The number of anilines is 1. The Labute approximate surface area is 94.0 Å². The SMILES string of the molecule is CC(C)(C)N1Sc2ccccc2NC1=O. The molecular weight excluding hydrogens is 208 g/mol. The van der Waals surface area contributed by atoms with Gasteiger partial charge in [0.05, 0.1) is 10.6 Å². The monoisotopic (exact) mass is 222 g/mol. The molecule has 0 spiro atoms. The van der Waals surface area contributed by atoms with Crippen LogP contribution >= 0.6 is 11.9 Å². The molecule has 80 valence electrons. The summed E-state index contributed by atoms with van der Waals surface area (Å²) in [5, 5.41) is 2.88. The van der Waals surface area contributed by atoms with Crippen molar-refractivity contribution in [2.24, 2.45) is 0 Å². The van der Waals surface area contributed by atoms with Crippen molar-refractivity contribution in [2.45, 2.75) is 31.2 Å². The van der Waals surface area contributed by atoms with Crippen molar-refractivity contribution in [1.29, 1.82) is 0 Å². The lowest BCUT2D eigenvalue weighted by Crippen LogP contribution is -2.44. The van der Waals surface area contributed by atoms with E-state index in [-0.39, 0.29) is 11.6 Å². The van der Waals surface area contributed by atoms with E-state index in [9.17, 15) is 4.79 Å².